The maximum atomic E-state index is 12.7. The lowest BCUT2D eigenvalue weighted by molar-refractivity contribution is -0.272. The Hall–Kier alpha value is -1.60. The molecule has 6 rings (SSSR count). The highest BCUT2D eigenvalue weighted by Crippen LogP contribution is 2.70. The minimum Gasteiger partial charge on any atom is -0.462 e. The summed E-state index contributed by atoms with van der Waals surface area (Å²) in [5.41, 5.74) is 1.62. The van der Waals surface area contributed by atoms with Gasteiger partial charge in [-0.25, -0.2) is 4.79 Å². The van der Waals surface area contributed by atoms with E-state index in [9.17, 15) is 9.59 Å². The van der Waals surface area contributed by atoms with E-state index in [-0.39, 0.29) is 29.4 Å². The minimum absolute atomic E-state index is 0.00514. The monoisotopic (exact) mass is 627 g/mol. The lowest BCUT2D eigenvalue weighted by Crippen LogP contribution is -2.52. The first-order valence-electron chi connectivity index (χ1n) is 18.4. The molecule has 5 fully saturated rings. The summed E-state index contributed by atoms with van der Waals surface area (Å²) in [7, 11) is 0. The van der Waals surface area contributed by atoms with E-state index in [0.29, 0.717) is 42.2 Å². The molecule has 7 heteroatoms. The van der Waals surface area contributed by atoms with Crippen molar-refractivity contribution >= 4 is 12.1 Å². The number of unbranched alkanes of at least 4 members (excludes halogenated alkanes) is 2. The average molecular weight is 628 g/mol. The Morgan fingerprint density at radius 1 is 1.02 bits per heavy atom. The second kappa shape index (κ2) is 12.5. The summed E-state index contributed by atoms with van der Waals surface area (Å²) in [6, 6.07) is 0. The zero-order chi connectivity index (χ0) is 32.2. The van der Waals surface area contributed by atoms with Gasteiger partial charge < -0.3 is 24.3 Å². The fourth-order valence-corrected chi connectivity index (χ4v) is 11.1. The maximum Gasteiger partial charge on any atom is 0.407 e. The molecule has 0 bridgehead atoms. The summed E-state index contributed by atoms with van der Waals surface area (Å²) < 4.78 is 24.8. The fourth-order valence-electron chi connectivity index (χ4n) is 11.1. The van der Waals surface area contributed by atoms with Gasteiger partial charge in [-0.3, -0.25) is 4.79 Å². The van der Waals surface area contributed by atoms with Crippen LogP contribution in [0.25, 0.3) is 0 Å². The first kappa shape index (κ1) is 33.3. The molecule has 1 amide bonds. The second-order valence-corrected chi connectivity index (χ2v) is 17.4. The van der Waals surface area contributed by atoms with Crippen LogP contribution in [0.1, 0.15) is 132 Å². The van der Waals surface area contributed by atoms with E-state index >= 15 is 0 Å². The van der Waals surface area contributed by atoms with Crippen molar-refractivity contribution in [2.75, 3.05) is 13.2 Å². The minimum atomic E-state index is -0.491. The van der Waals surface area contributed by atoms with Crippen molar-refractivity contribution in [1.29, 1.82) is 0 Å². The van der Waals surface area contributed by atoms with Crippen molar-refractivity contribution in [3.63, 3.8) is 0 Å². The topological polar surface area (TPSA) is 83.1 Å². The fraction of sp³-hybridized carbons (Fsp3) is 0.895. The third-order valence-electron chi connectivity index (χ3n) is 13.3. The number of amides is 1. The molecule has 1 spiro atoms. The smallest absolute Gasteiger partial charge is 0.407 e. The molecule has 3 saturated carbocycles. The summed E-state index contributed by atoms with van der Waals surface area (Å²) in [4.78, 5) is 24.5. The molecule has 0 unspecified atom stereocenters. The van der Waals surface area contributed by atoms with Gasteiger partial charge in [-0.1, -0.05) is 45.8 Å². The molecular weight excluding hydrogens is 566 g/mol. The molecule has 2 saturated heterocycles. The van der Waals surface area contributed by atoms with Gasteiger partial charge in [-0.05, 0) is 119 Å². The van der Waals surface area contributed by atoms with E-state index in [1.165, 1.54) is 32.1 Å². The van der Waals surface area contributed by atoms with Crippen molar-refractivity contribution in [1.82, 2.24) is 5.32 Å². The Labute approximate surface area is 272 Å². The quantitative estimate of drug-likeness (QED) is 0.174. The summed E-state index contributed by atoms with van der Waals surface area (Å²) in [5.74, 6) is 3.46. The zero-order valence-electron chi connectivity index (χ0n) is 29.3. The first-order valence-corrected chi connectivity index (χ1v) is 18.4. The molecule has 4 aliphatic carbocycles. The molecule has 0 aromatic rings. The van der Waals surface area contributed by atoms with Crippen LogP contribution in [-0.4, -0.2) is 48.8 Å². The van der Waals surface area contributed by atoms with E-state index in [1.54, 1.807) is 5.57 Å². The van der Waals surface area contributed by atoms with Crippen molar-refractivity contribution in [3.05, 3.63) is 11.6 Å². The summed E-state index contributed by atoms with van der Waals surface area (Å²) in [6.07, 6.45) is 15.7. The lowest BCUT2D eigenvalue weighted by atomic mass is 9.47. The predicted molar refractivity (Wildman–Crippen MR) is 174 cm³/mol. The highest BCUT2D eigenvalue weighted by atomic mass is 16.7. The summed E-state index contributed by atoms with van der Waals surface area (Å²) in [5, 5.41) is 2.79. The van der Waals surface area contributed by atoms with Gasteiger partial charge >= 0.3 is 12.1 Å². The van der Waals surface area contributed by atoms with Crippen LogP contribution in [0, 0.1) is 46.3 Å². The molecule has 0 aromatic carbocycles. The molecule has 2 aliphatic heterocycles. The lowest BCUT2D eigenvalue weighted by Gasteiger charge is -2.58. The Morgan fingerprint density at radius 3 is 2.56 bits per heavy atom. The standard InChI is InChI=1S/C38H61NO6/c1-24-14-19-38(42-23-24)25(2)33-31(44-38)22-30-28-13-12-26-21-27(15-17-36(26,6)29(28)16-18-37(30,33)7)43-32(40)11-9-8-10-20-39-34(41)45-35(3,4)5/h12,24-25,27-31,33H,8-11,13-23H2,1-7H3,(H,39,41)/t24-,25+,27+,28-,29+,30+,31+,33+,36+,37+,38-/m1/s1. The number of hydrogen-bond acceptors (Lipinski definition) is 6. The van der Waals surface area contributed by atoms with Crippen LogP contribution in [0.5, 0.6) is 0 Å². The largest absolute Gasteiger partial charge is 0.462 e. The van der Waals surface area contributed by atoms with E-state index in [2.05, 4.69) is 39.1 Å². The van der Waals surface area contributed by atoms with Crippen LogP contribution in [-0.2, 0) is 23.7 Å². The normalized spacial score (nSPS) is 43.8. The number of rotatable bonds is 7. The number of allylic oxidation sites excluding steroid dienone is 1. The van der Waals surface area contributed by atoms with E-state index in [4.69, 9.17) is 18.9 Å². The van der Waals surface area contributed by atoms with Crippen molar-refractivity contribution in [2.45, 2.75) is 156 Å². The Bertz CT molecular complexity index is 1140. The van der Waals surface area contributed by atoms with Gasteiger partial charge in [0.2, 0.25) is 0 Å². The number of ether oxygens (including phenoxy) is 4. The van der Waals surface area contributed by atoms with Gasteiger partial charge in [0.1, 0.15) is 11.7 Å². The van der Waals surface area contributed by atoms with Crippen LogP contribution >= 0.6 is 0 Å². The number of hydrogen-bond donors (Lipinski definition) is 1. The van der Waals surface area contributed by atoms with Gasteiger partial charge in [0.25, 0.3) is 0 Å². The Balaban J connectivity index is 0.989. The molecule has 11 atom stereocenters. The summed E-state index contributed by atoms with van der Waals surface area (Å²) >= 11 is 0. The second-order valence-electron chi connectivity index (χ2n) is 17.4. The van der Waals surface area contributed by atoms with Crippen molar-refractivity contribution in [3.8, 4) is 0 Å². The van der Waals surface area contributed by atoms with Crippen molar-refractivity contribution in [2.24, 2.45) is 46.3 Å². The highest BCUT2D eigenvalue weighted by Gasteiger charge is 2.68. The molecule has 254 valence electrons. The molecule has 0 radical (unpaired) electrons. The van der Waals surface area contributed by atoms with Gasteiger partial charge in [-0.2, -0.15) is 0 Å². The van der Waals surface area contributed by atoms with Crippen LogP contribution < -0.4 is 5.32 Å². The molecule has 6 aliphatic rings. The third kappa shape index (κ3) is 6.35. The number of alkyl carbamates (subject to hydrolysis) is 1. The molecule has 2 heterocycles. The summed E-state index contributed by atoms with van der Waals surface area (Å²) in [6.45, 7) is 16.8. The average Bonchev–Trinajstić information content (AvgIpc) is 3.41. The Morgan fingerprint density at radius 2 is 1.82 bits per heavy atom. The molecular formula is C38H61NO6. The van der Waals surface area contributed by atoms with Crippen LogP contribution in [0.4, 0.5) is 4.79 Å². The molecule has 0 aromatic heterocycles. The van der Waals surface area contributed by atoms with Gasteiger partial charge in [-0.15, -0.1) is 0 Å². The molecule has 7 nitrogen and oxygen atoms in total. The highest BCUT2D eigenvalue weighted by molar-refractivity contribution is 5.69. The van der Waals surface area contributed by atoms with Gasteiger partial charge in [0, 0.05) is 31.7 Å². The third-order valence-corrected chi connectivity index (χ3v) is 13.3. The van der Waals surface area contributed by atoms with Crippen LogP contribution in [0.15, 0.2) is 11.6 Å². The Kier molecular flexibility index (Phi) is 9.22. The van der Waals surface area contributed by atoms with E-state index < -0.39 is 5.60 Å². The van der Waals surface area contributed by atoms with Gasteiger partial charge in [0.15, 0.2) is 5.79 Å². The zero-order valence-corrected chi connectivity index (χ0v) is 29.3. The van der Waals surface area contributed by atoms with Gasteiger partial charge in [0.05, 0.1) is 12.7 Å². The van der Waals surface area contributed by atoms with Crippen molar-refractivity contribution < 1.29 is 28.5 Å². The maximum absolute atomic E-state index is 12.7. The molecule has 1 N–H and O–H groups in total. The SMILES string of the molecule is C[C@@H]1CC[C@@]2(OC1)O[C@H]1C[C@H]3[C@@H]4CC=C5C[C@@H](OC(=O)CCCCCNC(=O)OC(C)(C)C)CC[C@]5(C)[C@H]4CC[C@]3(C)[C@H]1[C@@H]2C. The van der Waals surface area contributed by atoms with Crippen LogP contribution in [0.2, 0.25) is 0 Å². The van der Waals surface area contributed by atoms with E-state index in [1.807, 2.05) is 20.8 Å². The number of carbonyl (C=O) groups excluding carboxylic acids is 2. The number of nitrogens with one attached hydrogen (secondary N) is 1. The number of fused-ring (bicyclic) bond motifs is 7. The molecule has 45 heavy (non-hydrogen) atoms. The van der Waals surface area contributed by atoms with Crippen LogP contribution in [0.3, 0.4) is 0 Å². The first-order chi connectivity index (χ1) is 21.2. The predicted octanol–water partition coefficient (Wildman–Crippen LogP) is 8.35. The van der Waals surface area contributed by atoms with E-state index in [0.717, 1.165) is 69.3 Å². The number of carbonyl (C=O) groups is 2. The number of esters is 1.